The van der Waals surface area contributed by atoms with Gasteiger partial charge in [0.1, 0.15) is 0 Å². The molecule has 2 aromatic rings. The van der Waals surface area contributed by atoms with Crippen LogP contribution in [0.4, 0.5) is 11.5 Å². The van der Waals surface area contributed by atoms with Crippen molar-refractivity contribution in [1.82, 2.24) is 15.1 Å². The zero-order chi connectivity index (χ0) is 17.2. The molecular formula is C17H19N5O3. The zero-order valence-corrected chi connectivity index (χ0v) is 13.9. The average molecular weight is 341 g/mol. The fraction of sp³-hybridized carbons (Fsp3) is 0.353. The maximum Gasteiger partial charge on any atom is 0.276 e. The number of nitrogens with one attached hydrogen (secondary N) is 1. The van der Waals surface area contributed by atoms with Gasteiger partial charge in [-0.05, 0) is 31.3 Å². The third-order valence-electron chi connectivity index (χ3n) is 4.34. The van der Waals surface area contributed by atoms with E-state index < -0.39 is 0 Å². The minimum Gasteiger partial charge on any atom is -0.454 e. The number of hydrogen-bond acceptors (Lipinski definition) is 7. The molecule has 0 aliphatic carbocycles. The summed E-state index contributed by atoms with van der Waals surface area (Å²) in [6, 6.07) is 8.79. The quantitative estimate of drug-likeness (QED) is 0.899. The number of aromatic nitrogens is 2. The Morgan fingerprint density at radius 1 is 1.04 bits per heavy atom. The molecule has 0 spiro atoms. The van der Waals surface area contributed by atoms with E-state index in [-0.39, 0.29) is 18.4 Å². The number of fused-ring (bicyclic) bond motifs is 1. The smallest absolute Gasteiger partial charge is 0.276 e. The Bertz CT molecular complexity index is 772. The molecule has 130 valence electrons. The highest BCUT2D eigenvalue weighted by atomic mass is 16.7. The van der Waals surface area contributed by atoms with Crippen LogP contribution in [-0.4, -0.2) is 61.0 Å². The van der Waals surface area contributed by atoms with Crippen LogP contribution in [0.1, 0.15) is 10.5 Å². The second-order valence-electron chi connectivity index (χ2n) is 6.09. The molecule has 0 saturated carbocycles. The van der Waals surface area contributed by atoms with Gasteiger partial charge in [0.15, 0.2) is 23.0 Å². The molecule has 1 amide bonds. The summed E-state index contributed by atoms with van der Waals surface area (Å²) in [6.07, 6.45) is 0. The molecule has 25 heavy (non-hydrogen) atoms. The molecule has 1 saturated heterocycles. The fourth-order valence-electron chi connectivity index (χ4n) is 2.82. The number of nitrogens with zero attached hydrogens (tertiary/aromatic N) is 4. The molecule has 0 bridgehead atoms. The molecule has 2 aliphatic rings. The van der Waals surface area contributed by atoms with Crippen molar-refractivity contribution in [2.45, 2.75) is 0 Å². The lowest BCUT2D eigenvalue weighted by molar-refractivity contribution is 0.102. The first-order chi connectivity index (χ1) is 12.2. The number of piperazine rings is 1. The van der Waals surface area contributed by atoms with Crippen LogP contribution >= 0.6 is 0 Å². The lowest BCUT2D eigenvalue weighted by atomic mass is 10.2. The molecule has 3 heterocycles. The Balaban J connectivity index is 1.42. The maximum absolute atomic E-state index is 12.3. The van der Waals surface area contributed by atoms with Crippen molar-refractivity contribution in [3.63, 3.8) is 0 Å². The van der Waals surface area contributed by atoms with Crippen molar-refractivity contribution >= 4 is 17.4 Å². The number of carbonyl (C=O) groups excluding carboxylic acids is 1. The van der Waals surface area contributed by atoms with Crippen LogP contribution in [0.3, 0.4) is 0 Å². The van der Waals surface area contributed by atoms with Gasteiger partial charge in [0.25, 0.3) is 5.91 Å². The van der Waals surface area contributed by atoms with E-state index in [9.17, 15) is 4.79 Å². The lowest BCUT2D eigenvalue weighted by Gasteiger charge is -2.32. The van der Waals surface area contributed by atoms with Crippen LogP contribution in [-0.2, 0) is 0 Å². The van der Waals surface area contributed by atoms with Crippen molar-refractivity contribution in [3.8, 4) is 11.5 Å². The van der Waals surface area contributed by atoms with Crippen LogP contribution in [0.2, 0.25) is 0 Å². The molecular weight excluding hydrogens is 322 g/mol. The second kappa shape index (κ2) is 6.56. The molecule has 1 fully saturated rings. The summed E-state index contributed by atoms with van der Waals surface area (Å²) < 4.78 is 10.6. The van der Waals surface area contributed by atoms with E-state index in [2.05, 4.69) is 32.4 Å². The molecule has 1 aromatic heterocycles. The topological polar surface area (TPSA) is 79.8 Å². The third kappa shape index (κ3) is 3.34. The average Bonchev–Trinajstić information content (AvgIpc) is 3.10. The Hall–Kier alpha value is -2.87. The van der Waals surface area contributed by atoms with Gasteiger partial charge >= 0.3 is 0 Å². The first-order valence-electron chi connectivity index (χ1n) is 8.17. The summed E-state index contributed by atoms with van der Waals surface area (Å²) in [5.41, 5.74) is 0.898. The maximum atomic E-state index is 12.3. The summed E-state index contributed by atoms with van der Waals surface area (Å²) in [4.78, 5) is 16.8. The number of amides is 1. The van der Waals surface area contributed by atoms with Crippen LogP contribution in [0, 0.1) is 0 Å². The van der Waals surface area contributed by atoms with E-state index in [4.69, 9.17) is 9.47 Å². The molecule has 0 radical (unpaired) electrons. The minimum absolute atomic E-state index is 0.200. The Kier molecular flexibility index (Phi) is 4.10. The van der Waals surface area contributed by atoms with Gasteiger partial charge in [0, 0.05) is 37.9 Å². The third-order valence-corrected chi connectivity index (χ3v) is 4.34. The van der Waals surface area contributed by atoms with Crippen molar-refractivity contribution in [2.75, 3.05) is 50.2 Å². The second-order valence-corrected chi connectivity index (χ2v) is 6.09. The number of anilines is 2. The van der Waals surface area contributed by atoms with Crippen LogP contribution in [0.15, 0.2) is 30.3 Å². The summed E-state index contributed by atoms with van der Waals surface area (Å²) in [5.74, 6) is 1.78. The summed E-state index contributed by atoms with van der Waals surface area (Å²) >= 11 is 0. The first-order valence-corrected chi connectivity index (χ1v) is 8.17. The monoisotopic (exact) mass is 341 g/mol. The Morgan fingerprint density at radius 3 is 2.60 bits per heavy atom. The molecule has 8 nitrogen and oxygen atoms in total. The van der Waals surface area contributed by atoms with E-state index in [1.807, 2.05) is 6.07 Å². The Morgan fingerprint density at radius 2 is 1.84 bits per heavy atom. The van der Waals surface area contributed by atoms with Crippen LogP contribution in [0.5, 0.6) is 11.5 Å². The van der Waals surface area contributed by atoms with Gasteiger partial charge in [-0.3, -0.25) is 4.79 Å². The first kappa shape index (κ1) is 15.6. The van der Waals surface area contributed by atoms with E-state index in [0.29, 0.717) is 17.2 Å². The normalized spacial score (nSPS) is 16.8. The van der Waals surface area contributed by atoms with Gasteiger partial charge in [-0.15, -0.1) is 10.2 Å². The highest BCUT2D eigenvalue weighted by Crippen LogP contribution is 2.34. The molecule has 0 atom stereocenters. The molecule has 0 unspecified atom stereocenters. The Labute approximate surface area is 145 Å². The van der Waals surface area contributed by atoms with Crippen LogP contribution < -0.4 is 19.7 Å². The van der Waals surface area contributed by atoms with Gasteiger partial charge in [-0.2, -0.15) is 0 Å². The molecule has 1 N–H and O–H groups in total. The van der Waals surface area contributed by atoms with Gasteiger partial charge in [0.05, 0.1) is 0 Å². The number of carbonyl (C=O) groups is 1. The zero-order valence-electron chi connectivity index (χ0n) is 13.9. The van der Waals surface area contributed by atoms with E-state index in [1.165, 1.54) is 0 Å². The highest BCUT2D eigenvalue weighted by molar-refractivity contribution is 6.03. The standard InChI is InChI=1S/C17H19N5O3/c1-21-6-8-22(9-7-21)16-5-3-13(19-20-16)17(23)18-12-2-4-14-15(10-12)25-11-24-14/h2-5,10H,6-9,11H2,1H3,(H,18,23). The number of rotatable bonds is 3. The number of ether oxygens (including phenoxy) is 2. The minimum atomic E-state index is -0.309. The highest BCUT2D eigenvalue weighted by Gasteiger charge is 2.18. The summed E-state index contributed by atoms with van der Waals surface area (Å²) in [6.45, 7) is 4.01. The van der Waals surface area contributed by atoms with Gasteiger partial charge in [-0.25, -0.2) is 0 Å². The van der Waals surface area contributed by atoms with Crippen molar-refractivity contribution in [1.29, 1.82) is 0 Å². The summed E-state index contributed by atoms with van der Waals surface area (Å²) in [7, 11) is 2.10. The van der Waals surface area contributed by atoms with Gasteiger partial charge in [0.2, 0.25) is 6.79 Å². The van der Waals surface area contributed by atoms with Gasteiger partial charge in [-0.1, -0.05) is 0 Å². The molecule has 8 heteroatoms. The molecule has 1 aromatic carbocycles. The predicted octanol–water partition coefficient (Wildman–Crippen LogP) is 1.21. The van der Waals surface area contributed by atoms with E-state index >= 15 is 0 Å². The SMILES string of the molecule is CN1CCN(c2ccc(C(=O)Nc3ccc4c(c3)OCO4)nn2)CC1. The molecule has 4 rings (SSSR count). The van der Waals surface area contributed by atoms with Crippen LogP contribution in [0.25, 0.3) is 0 Å². The van der Waals surface area contributed by atoms with E-state index in [0.717, 1.165) is 32.0 Å². The molecule has 2 aliphatic heterocycles. The van der Waals surface area contributed by atoms with Crippen molar-refractivity contribution in [2.24, 2.45) is 0 Å². The number of likely N-dealkylation sites (N-methyl/N-ethyl adjacent to an activating group) is 1. The number of hydrogen-bond donors (Lipinski definition) is 1. The van der Waals surface area contributed by atoms with E-state index in [1.54, 1.807) is 24.3 Å². The van der Waals surface area contributed by atoms with Crippen molar-refractivity contribution < 1.29 is 14.3 Å². The van der Waals surface area contributed by atoms with Crippen molar-refractivity contribution in [3.05, 3.63) is 36.0 Å². The lowest BCUT2D eigenvalue weighted by Crippen LogP contribution is -2.44. The van der Waals surface area contributed by atoms with Gasteiger partial charge < -0.3 is 24.6 Å². The predicted molar refractivity (Wildman–Crippen MR) is 92.3 cm³/mol. The number of benzene rings is 1. The largest absolute Gasteiger partial charge is 0.454 e. The summed E-state index contributed by atoms with van der Waals surface area (Å²) in [5, 5.41) is 11.1. The fourth-order valence-corrected chi connectivity index (χ4v) is 2.82.